The monoisotopic (exact) mass is 340 g/mol. The van der Waals surface area contributed by atoms with Crippen LogP contribution in [0.15, 0.2) is 53.1 Å². The molecular formula is C16H16N6O3. The molecule has 3 aromatic rings. The van der Waals surface area contributed by atoms with Gasteiger partial charge in [-0.05, 0) is 17.3 Å². The fourth-order valence-corrected chi connectivity index (χ4v) is 2.04. The van der Waals surface area contributed by atoms with Crippen LogP contribution in [0.1, 0.15) is 5.76 Å². The Hall–Kier alpha value is -3.49. The second-order valence-electron chi connectivity index (χ2n) is 5.14. The maximum atomic E-state index is 11.9. The first kappa shape index (κ1) is 16.4. The van der Waals surface area contributed by atoms with Gasteiger partial charge in [0.15, 0.2) is 0 Å². The van der Waals surface area contributed by atoms with Crippen molar-refractivity contribution >= 4 is 11.8 Å². The molecule has 0 fully saturated rings. The summed E-state index contributed by atoms with van der Waals surface area (Å²) < 4.78 is 5.10. The third-order valence-corrected chi connectivity index (χ3v) is 3.26. The van der Waals surface area contributed by atoms with Crippen LogP contribution in [0.25, 0.3) is 11.4 Å². The van der Waals surface area contributed by atoms with Crippen molar-refractivity contribution in [3.05, 3.63) is 54.5 Å². The molecule has 0 bridgehead atoms. The predicted molar refractivity (Wildman–Crippen MR) is 86.8 cm³/mol. The van der Waals surface area contributed by atoms with Gasteiger partial charge in [-0.25, -0.2) is 0 Å². The van der Waals surface area contributed by atoms with Gasteiger partial charge in [0.2, 0.25) is 17.6 Å². The molecule has 2 aromatic heterocycles. The number of nitrogens with zero attached hydrogens (tertiary/aromatic N) is 4. The zero-order valence-corrected chi connectivity index (χ0v) is 13.3. The molecule has 0 aliphatic heterocycles. The Labute approximate surface area is 143 Å². The number of amides is 2. The van der Waals surface area contributed by atoms with Crippen LogP contribution in [0.5, 0.6) is 0 Å². The Kier molecular flexibility index (Phi) is 5.15. The average molecular weight is 340 g/mol. The van der Waals surface area contributed by atoms with Crippen molar-refractivity contribution in [2.24, 2.45) is 0 Å². The second-order valence-corrected chi connectivity index (χ2v) is 5.14. The van der Waals surface area contributed by atoms with Crippen molar-refractivity contribution in [3.8, 4) is 11.4 Å². The minimum atomic E-state index is -0.384. The number of nitrogens with one attached hydrogen (secondary N) is 2. The lowest BCUT2D eigenvalue weighted by atomic mass is 10.2. The largest absolute Gasteiger partial charge is 0.467 e. The van der Waals surface area contributed by atoms with E-state index in [4.69, 9.17) is 4.42 Å². The van der Waals surface area contributed by atoms with Gasteiger partial charge in [0.05, 0.1) is 19.4 Å². The highest BCUT2D eigenvalue weighted by atomic mass is 16.3. The highest BCUT2D eigenvalue weighted by molar-refractivity contribution is 5.84. The third-order valence-electron chi connectivity index (χ3n) is 3.26. The summed E-state index contributed by atoms with van der Waals surface area (Å²) in [6.45, 7) is 0.0118. The lowest BCUT2D eigenvalue weighted by Crippen LogP contribution is -2.38. The summed E-state index contributed by atoms with van der Waals surface area (Å²) in [5, 5.41) is 17.0. The normalized spacial score (nSPS) is 10.4. The number of hydrogen-bond acceptors (Lipinski definition) is 6. The van der Waals surface area contributed by atoms with Crippen molar-refractivity contribution in [1.82, 2.24) is 30.8 Å². The van der Waals surface area contributed by atoms with Gasteiger partial charge in [0.1, 0.15) is 12.3 Å². The summed E-state index contributed by atoms with van der Waals surface area (Å²) in [6, 6.07) is 12.8. The SMILES string of the molecule is O=C(CNC(=O)Cn1nnc(-c2ccccc2)n1)NCc1ccco1. The molecule has 0 aliphatic carbocycles. The van der Waals surface area contributed by atoms with E-state index in [1.807, 2.05) is 30.3 Å². The summed E-state index contributed by atoms with van der Waals surface area (Å²) in [7, 11) is 0. The molecule has 2 N–H and O–H groups in total. The van der Waals surface area contributed by atoms with E-state index < -0.39 is 0 Å². The minimum absolute atomic E-state index is 0.120. The van der Waals surface area contributed by atoms with Gasteiger partial charge < -0.3 is 15.1 Å². The van der Waals surface area contributed by atoms with Crippen LogP contribution in [0.4, 0.5) is 0 Å². The standard InChI is InChI=1S/C16H16N6O3/c23-14(17-9-13-7-4-8-25-13)10-18-15(24)11-22-20-16(19-21-22)12-5-2-1-3-6-12/h1-8H,9-11H2,(H,17,23)(H,18,24). The molecule has 9 heteroatoms. The summed E-state index contributed by atoms with van der Waals surface area (Å²) in [5.41, 5.74) is 0.812. The molecule has 0 atom stereocenters. The average Bonchev–Trinajstić information content (AvgIpc) is 3.31. The predicted octanol–water partition coefficient (Wildman–Crippen LogP) is 0.366. The van der Waals surface area contributed by atoms with Crippen LogP contribution < -0.4 is 10.6 Å². The van der Waals surface area contributed by atoms with E-state index in [0.29, 0.717) is 11.6 Å². The number of tetrazole rings is 1. The van der Waals surface area contributed by atoms with E-state index in [9.17, 15) is 9.59 Å². The first-order valence-corrected chi connectivity index (χ1v) is 7.60. The van der Waals surface area contributed by atoms with Crippen LogP contribution in [-0.4, -0.2) is 38.6 Å². The molecule has 2 heterocycles. The van der Waals surface area contributed by atoms with E-state index >= 15 is 0 Å². The maximum absolute atomic E-state index is 11.9. The van der Waals surface area contributed by atoms with Crippen LogP contribution >= 0.6 is 0 Å². The van der Waals surface area contributed by atoms with Crippen LogP contribution in [-0.2, 0) is 22.7 Å². The number of furan rings is 1. The van der Waals surface area contributed by atoms with E-state index in [0.717, 1.165) is 5.56 Å². The van der Waals surface area contributed by atoms with Gasteiger partial charge in [-0.2, -0.15) is 4.80 Å². The van der Waals surface area contributed by atoms with Crippen LogP contribution in [0, 0.1) is 0 Å². The van der Waals surface area contributed by atoms with Gasteiger partial charge in [-0.1, -0.05) is 30.3 Å². The molecule has 0 unspecified atom stereocenters. The van der Waals surface area contributed by atoms with Crippen molar-refractivity contribution < 1.29 is 14.0 Å². The van der Waals surface area contributed by atoms with Crippen molar-refractivity contribution in [2.45, 2.75) is 13.1 Å². The summed E-state index contributed by atoms with van der Waals surface area (Å²) in [5.74, 6) is 0.371. The first-order valence-electron chi connectivity index (χ1n) is 7.60. The fourth-order valence-electron chi connectivity index (χ4n) is 2.04. The zero-order valence-electron chi connectivity index (χ0n) is 13.3. The minimum Gasteiger partial charge on any atom is -0.467 e. The first-order chi connectivity index (χ1) is 12.2. The summed E-state index contributed by atoms with van der Waals surface area (Å²) in [6.07, 6.45) is 1.53. The molecule has 0 aliphatic rings. The fraction of sp³-hybridized carbons (Fsp3) is 0.188. The lowest BCUT2D eigenvalue weighted by molar-refractivity contribution is -0.126. The Morgan fingerprint density at radius 1 is 1.04 bits per heavy atom. The van der Waals surface area contributed by atoms with Crippen molar-refractivity contribution in [3.63, 3.8) is 0 Å². The van der Waals surface area contributed by atoms with Gasteiger partial charge in [0, 0.05) is 5.56 Å². The number of benzene rings is 1. The summed E-state index contributed by atoms with van der Waals surface area (Å²) >= 11 is 0. The van der Waals surface area contributed by atoms with E-state index in [1.54, 1.807) is 12.1 Å². The van der Waals surface area contributed by atoms with Gasteiger partial charge >= 0.3 is 0 Å². The maximum Gasteiger partial charge on any atom is 0.244 e. The molecule has 1 aromatic carbocycles. The number of aromatic nitrogens is 4. The van der Waals surface area contributed by atoms with E-state index in [-0.39, 0.29) is 31.4 Å². The summed E-state index contributed by atoms with van der Waals surface area (Å²) in [4.78, 5) is 24.7. The Bertz CT molecular complexity index is 829. The van der Waals surface area contributed by atoms with Crippen LogP contribution in [0.3, 0.4) is 0 Å². The lowest BCUT2D eigenvalue weighted by Gasteiger charge is -2.05. The van der Waals surface area contributed by atoms with Crippen molar-refractivity contribution in [1.29, 1.82) is 0 Å². The molecular weight excluding hydrogens is 324 g/mol. The topological polar surface area (TPSA) is 115 Å². The van der Waals surface area contributed by atoms with Gasteiger partial charge in [-0.15, -0.1) is 10.2 Å². The molecule has 3 rings (SSSR count). The quantitative estimate of drug-likeness (QED) is 0.642. The zero-order chi connectivity index (χ0) is 17.5. The van der Waals surface area contributed by atoms with Crippen LogP contribution in [0.2, 0.25) is 0 Å². The van der Waals surface area contributed by atoms with E-state index in [1.165, 1.54) is 11.1 Å². The van der Waals surface area contributed by atoms with Gasteiger partial charge in [-0.3, -0.25) is 9.59 Å². The smallest absolute Gasteiger partial charge is 0.244 e. The Morgan fingerprint density at radius 2 is 1.88 bits per heavy atom. The van der Waals surface area contributed by atoms with Gasteiger partial charge in [0.25, 0.3) is 0 Å². The Morgan fingerprint density at radius 3 is 2.64 bits per heavy atom. The molecule has 0 spiro atoms. The molecule has 25 heavy (non-hydrogen) atoms. The molecule has 0 saturated carbocycles. The molecule has 128 valence electrons. The molecule has 0 saturated heterocycles. The highest BCUT2D eigenvalue weighted by Gasteiger charge is 2.10. The second kappa shape index (κ2) is 7.86. The molecule has 0 radical (unpaired) electrons. The molecule has 2 amide bonds. The van der Waals surface area contributed by atoms with Crippen molar-refractivity contribution in [2.75, 3.05) is 6.54 Å². The molecule has 9 nitrogen and oxygen atoms in total. The number of carbonyl (C=O) groups is 2. The number of carbonyl (C=O) groups excluding carboxylic acids is 2. The third kappa shape index (κ3) is 4.74. The number of rotatable bonds is 7. The highest BCUT2D eigenvalue weighted by Crippen LogP contribution is 2.11. The number of hydrogen-bond donors (Lipinski definition) is 2. The van der Waals surface area contributed by atoms with E-state index in [2.05, 4.69) is 26.0 Å². The Balaban J connectivity index is 1.43.